The van der Waals surface area contributed by atoms with Crippen LogP contribution in [0.3, 0.4) is 0 Å². The first-order chi connectivity index (χ1) is 13.0. The lowest BCUT2D eigenvalue weighted by Crippen LogP contribution is -2.54. The number of alkyl halides is 1. The zero-order chi connectivity index (χ0) is 18.9. The quantitative estimate of drug-likeness (QED) is 0.697. The van der Waals surface area contributed by atoms with Crippen molar-refractivity contribution < 1.29 is 18.3 Å². The number of amides is 1. The fraction of sp³-hybridized carbons (Fsp3) is 0.286. The van der Waals surface area contributed by atoms with E-state index in [2.05, 4.69) is 5.32 Å². The lowest BCUT2D eigenvalue weighted by molar-refractivity contribution is 0.0411. The molecule has 0 radical (unpaired) electrons. The summed E-state index contributed by atoms with van der Waals surface area (Å²) in [6.45, 7) is 0.149. The SMILES string of the molecule is NC1CC(F)(CNC(=O)c2ccc(COc3ccc4ccccc4c3)o2)C1. The molecule has 0 bridgehead atoms. The van der Waals surface area contributed by atoms with Gasteiger partial charge in [-0.25, -0.2) is 4.39 Å². The summed E-state index contributed by atoms with van der Waals surface area (Å²) in [7, 11) is 0. The summed E-state index contributed by atoms with van der Waals surface area (Å²) in [6, 6.07) is 17.0. The molecule has 0 spiro atoms. The normalized spacial score (nSPS) is 21.6. The highest BCUT2D eigenvalue weighted by Crippen LogP contribution is 2.34. The van der Waals surface area contributed by atoms with E-state index < -0.39 is 11.6 Å². The van der Waals surface area contributed by atoms with Crippen LogP contribution in [0.1, 0.15) is 29.2 Å². The van der Waals surface area contributed by atoms with Crippen LogP contribution in [0.15, 0.2) is 59.0 Å². The van der Waals surface area contributed by atoms with Crippen LogP contribution >= 0.6 is 0 Å². The number of hydrogen-bond donors (Lipinski definition) is 2. The number of nitrogens with one attached hydrogen (secondary N) is 1. The van der Waals surface area contributed by atoms with E-state index >= 15 is 0 Å². The Morgan fingerprint density at radius 2 is 1.96 bits per heavy atom. The Balaban J connectivity index is 1.32. The Labute approximate surface area is 156 Å². The molecule has 1 heterocycles. The van der Waals surface area contributed by atoms with Crippen LogP contribution in [0.25, 0.3) is 10.8 Å². The van der Waals surface area contributed by atoms with E-state index in [1.807, 2.05) is 42.5 Å². The van der Waals surface area contributed by atoms with E-state index in [-0.39, 0.29) is 37.8 Å². The van der Waals surface area contributed by atoms with Gasteiger partial charge in [0, 0.05) is 6.04 Å². The van der Waals surface area contributed by atoms with Gasteiger partial charge in [-0.05, 0) is 47.9 Å². The summed E-state index contributed by atoms with van der Waals surface area (Å²) in [4.78, 5) is 12.1. The number of nitrogens with two attached hydrogens (primary N) is 1. The molecule has 0 saturated heterocycles. The molecular formula is C21H21FN2O3. The maximum atomic E-state index is 14.1. The van der Waals surface area contributed by atoms with Crippen molar-refractivity contribution in [3.63, 3.8) is 0 Å². The molecule has 140 valence electrons. The summed E-state index contributed by atoms with van der Waals surface area (Å²) in [5.41, 5.74) is 4.20. The molecule has 1 saturated carbocycles. The minimum Gasteiger partial charge on any atom is -0.486 e. The molecule has 6 heteroatoms. The predicted molar refractivity (Wildman–Crippen MR) is 100 cm³/mol. The van der Waals surface area contributed by atoms with E-state index in [9.17, 15) is 9.18 Å². The molecule has 0 aliphatic heterocycles. The Bertz CT molecular complexity index is 963. The zero-order valence-corrected chi connectivity index (χ0v) is 14.8. The highest BCUT2D eigenvalue weighted by molar-refractivity contribution is 5.91. The van der Waals surface area contributed by atoms with Crippen LogP contribution in [0.2, 0.25) is 0 Å². The van der Waals surface area contributed by atoms with Crippen LogP contribution in [0.4, 0.5) is 4.39 Å². The van der Waals surface area contributed by atoms with Gasteiger partial charge in [0.1, 0.15) is 23.8 Å². The van der Waals surface area contributed by atoms with Gasteiger partial charge in [-0.1, -0.05) is 30.3 Å². The van der Waals surface area contributed by atoms with E-state index in [4.69, 9.17) is 14.9 Å². The van der Waals surface area contributed by atoms with Crippen molar-refractivity contribution in [2.75, 3.05) is 6.54 Å². The van der Waals surface area contributed by atoms with Crippen molar-refractivity contribution in [2.45, 2.75) is 31.2 Å². The number of halogens is 1. The molecular weight excluding hydrogens is 347 g/mol. The van der Waals surface area contributed by atoms with Crippen LogP contribution in [0, 0.1) is 0 Å². The number of benzene rings is 2. The topological polar surface area (TPSA) is 77.5 Å². The summed E-state index contributed by atoms with van der Waals surface area (Å²) in [6.07, 6.45) is 0.548. The molecule has 4 rings (SSSR count). The molecule has 27 heavy (non-hydrogen) atoms. The van der Waals surface area contributed by atoms with Gasteiger partial charge in [0.15, 0.2) is 5.76 Å². The summed E-state index contributed by atoms with van der Waals surface area (Å²) in [5, 5.41) is 4.79. The van der Waals surface area contributed by atoms with Gasteiger partial charge in [-0.15, -0.1) is 0 Å². The standard InChI is InChI=1S/C21H21FN2O3/c22-21(10-16(23)11-21)13-24-20(25)19-8-7-18(27-19)12-26-17-6-5-14-3-1-2-4-15(14)9-17/h1-9,16H,10-13,23H2,(H,24,25). The molecule has 0 atom stereocenters. The van der Waals surface area contributed by atoms with Crippen LogP contribution in [0.5, 0.6) is 5.75 Å². The Morgan fingerprint density at radius 1 is 1.19 bits per heavy atom. The van der Waals surface area contributed by atoms with Crippen LogP contribution in [-0.4, -0.2) is 24.2 Å². The Hall–Kier alpha value is -2.86. The summed E-state index contributed by atoms with van der Waals surface area (Å²) in [5.74, 6) is 0.939. The van der Waals surface area contributed by atoms with Gasteiger partial charge in [0.25, 0.3) is 5.91 Å². The largest absolute Gasteiger partial charge is 0.486 e. The number of ether oxygens (including phenoxy) is 1. The third-order valence-corrected chi connectivity index (χ3v) is 4.81. The molecule has 1 fully saturated rings. The lowest BCUT2D eigenvalue weighted by atomic mass is 9.78. The third-order valence-electron chi connectivity index (χ3n) is 4.81. The summed E-state index contributed by atoms with van der Waals surface area (Å²) >= 11 is 0. The first kappa shape index (κ1) is 17.5. The molecule has 2 aromatic carbocycles. The number of fused-ring (bicyclic) bond motifs is 1. The predicted octanol–water partition coefficient (Wildman–Crippen LogP) is 3.57. The second-order valence-corrected chi connectivity index (χ2v) is 7.07. The fourth-order valence-corrected chi connectivity index (χ4v) is 3.34. The Morgan fingerprint density at radius 3 is 2.74 bits per heavy atom. The number of rotatable bonds is 6. The van der Waals surface area contributed by atoms with Gasteiger partial charge in [-0.3, -0.25) is 4.79 Å². The van der Waals surface area contributed by atoms with Gasteiger partial charge in [0.05, 0.1) is 6.54 Å². The Kier molecular flexibility index (Phi) is 4.58. The zero-order valence-electron chi connectivity index (χ0n) is 14.8. The average molecular weight is 368 g/mol. The van der Waals surface area contributed by atoms with Gasteiger partial charge < -0.3 is 20.2 Å². The molecule has 3 aromatic rings. The monoisotopic (exact) mass is 368 g/mol. The minimum atomic E-state index is -1.40. The van der Waals surface area contributed by atoms with Crippen LogP contribution < -0.4 is 15.8 Å². The fourth-order valence-electron chi connectivity index (χ4n) is 3.34. The molecule has 1 aromatic heterocycles. The number of carbonyl (C=O) groups is 1. The van der Waals surface area contributed by atoms with E-state index in [0.29, 0.717) is 5.76 Å². The van der Waals surface area contributed by atoms with Gasteiger partial charge in [0.2, 0.25) is 0 Å². The molecule has 1 aliphatic carbocycles. The second-order valence-electron chi connectivity index (χ2n) is 7.07. The van der Waals surface area contributed by atoms with E-state index in [1.54, 1.807) is 12.1 Å². The third kappa shape index (κ3) is 3.95. The summed E-state index contributed by atoms with van der Waals surface area (Å²) < 4.78 is 25.4. The van der Waals surface area contributed by atoms with Crippen molar-refractivity contribution in [1.82, 2.24) is 5.32 Å². The average Bonchev–Trinajstić information content (AvgIpc) is 3.12. The minimum absolute atomic E-state index is 0.0524. The lowest BCUT2D eigenvalue weighted by Gasteiger charge is -2.39. The van der Waals surface area contributed by atoms with E-state index in [0.717, 1.165) is 16.5 Å². The first-order valence-corrected chi connectivity index (χ1v) is 8.94. The highest BCUT2D eigenvalue weighted by Gasteiger charge is 2.43. The maximum absolute atomic E-state index is 14.1. The molecule has 0 unspecified atom stereocenters. The number of hydrogen-bond acceptors (Lipinski definition) is 4. The van der Waals surface area contributed by atoms with Crippen molar-refractivity contribution in [3.8, 4) is 5.75 Å². The maximum Gasteiger partial charge on any atom is 0.287 e. The van der Waals surface area contributed by atoms with Crippen molar-refractivity contribution in [2.24, 2.45) is 5.73 Å². The van der Waals surface area contributed by atoms with Crippen molar-refractivity contribution in [1.29, 1.82) is 0 Å². The molecule has 1 amide bonds. The van der Waals surface area contributed by atoms with Gasteiger partial charge >= 0.3 is 0 Å². The first-order valence-electron chi connectivity index (χ1n) is 8.94. The number of carbonyl (C=O) groups excluding carboxylic acids is 1. The van der Waals surface area contributed by atoms with E-state index in [1.165, 1.54) is 0 Å². The molecule has 1 aliphatic rings. The molecule has 3 N–H and O–H groups in total. The number of furan rings is 1. The van der Waals surface area contributed by atoms with Crippen molar-refractivity contribution in [3.05, 3.63) is 66.1 Å². The highest BCUT2D eigenvalue weighted by atomic mass is 19.1. The second kappa shape index (κ2) is 7.04. The van der Waals surface area contributed by atoms with Gasteiger partial charge in [-0.2, -0.15) is 0 Å². The smallest absolute Gasteiger partial charge is 0.287 e. The van der Waals surface area contributed by atoms with Crippen LogP contribution in [-0.2, 0) is 6.61 Å². The molecule has 5 nitrogen and oxygen atoms in total. The van der Waals surface area contributed by atoms with Crippen molar-refractivity contribution >= 4 is 16.7 Å².